The van der Waals surface area contributed by atoms with Gasteiger partial charge in [0.05, 0.1) is 7.11 Å². The van der Waals surface area contributed by atoms with Crippen molar-refractivity contribution in [3.63, 3.8) is 0 Å². The van der Waals surface area contributed by atoms with Crippen molar-refractivity contribution >= 4 is 11.8 Å². The standard InChI is InChI=1S/C21H24O4/c1-24-19-11-6-8-16(13-19)7-4-5-12-21(17-9-2-3-10-17)15-18(22)14-20(23)25-21/h6,8,11,13,17H,2-3,5,9-10,12,14-15H2,1H3. The Morgan fingerprint density at radius 1 is 1.28 bits per heavy atom. The highest BCUT2D eigenvalue weighted by atomic mass is 16.6. The molecule has 1 saturated carbocycles. The van der Waals surface area contributed by atoms with Crippen molar-refractivity contribution in [1.82, 2.24) is 0 Å². The fraction of sp³-hybridized carbons (Fsp3) is 0.524. The van der Waals surface area contributed by atoms with Crippen molar-refractivity contribution in [1.29, 1.82) is 0 Å². The summed E-state index contributed by atoms with van der Waals surface area (Å²) < 4.78 is 11.0. The maximum absolute atomic E-state index is 12.0. The summed E-state index contributed by atoms with van der Waals surface area (Å²) >= 11 is 0. The van der Waals surface area contributed by atoms with E-state index in [2.05, 4.69) is 11.8 Å². The van der Waals surface area contributed by atoms with Crippen LogP contribution in [0, 0.1) is 17.8 Å². The first-order chi connectivity index (χ1) is 12.1. The fourth-order valence-electron chi connectivity index (χ4n) is 4.02. The molecule has 1 aliphatic carbocycles. The molecule has 0 radical (unpaired) electrons. The van der Waals surface area contributed by atoms with Crippen LogP contribution in [0.2, 0.25) is 0 Å². The van der Waals surface area contributed by atoms with Gasteiger partial charge in [0.2, 0.25) is 0 Å². The summed E-state index contributed by atoms with van der Waals surface area (Å²) in [5.41, 5.74) is 0.261. The van der Waals surface area contributed by atoms with Crippen molar-refractivity contribution in [2.75, 3.05) is 7.11 Å². The molecule has 0 bridgehead atoms. The molecule has 1 unspecified atom stereocenters. The van der Waals surface area contributed by atoms with Crippen molar-refractivity contribution in [2.24, 2.45) is 5.92 Å². The van der Waals surface area contributed by atoms with E-state index in [1.807, 2.05) is 24.3 Å². The molecule has 0 spiro atoms. The van der Waals surface area contributed by atoms with Crippen LogP contribution in [0.4, 0.5) is 0 Å². The summed E-state index contributed by atoms with van der Waals surface area (Å²) in [6.07, 6.45) is 5.86. The molecule has 1 atom stereocenters. The van der Waals surface area contributed by atoms with Crippen molar-refractivity contribution < 1.29 is 19.1 Å². The molecule has 1 aliphatic heterocycles. The fourth-order valence-corrected chi connectivity index (χ4v) is 4.02. The zero-order chi connectivity index (χ0) is 17.7. The third-order valence-corrected chi connectivity index (χ3v) is 5.23. The normalized spacial score (nSPS) is 23.7. The summed E-state index contributed by atoms with van der Waals surface area (Å²) in [5.74, 6) is 7.01. The molecular weight excluding hydrogens is 316 g/mol. The topological polar surface area (TPSA) is 52.6 Å². The Labute approximate surface area is 148 Å². The van der Waals surface area contributed by atoms with Gasteiger partial charge in [-0.1, -0.05) is 30.7 Å². The lowest BCUT2D eigenvalue weighted by Crippen LogP contribution is -2.47. The first-order valence-corrected chi connectivity index (χ1v) is 8.98. The molecule has 3 rings (SSSR count). The van der Waals surface area contributed by atoms with Gasteiger partial charge in [-0.15, -0.1) is 0 Å². The highest BCUT2D eigenvalue weighted by Crippen LogP contribution is 2.43. The van der Waals surface area contributed by atoms with Crippen LogP contribution in [-0.2, 0) is 14.3 Å². The summed E-state index contributed by atoms with van der Waals surface area (Å²) in [6.45, 7) is 0. The lowest BCUT2D eigenvalue weighted by molar-refractivity contribution is -0.178. The average Bonchev–Trinajstić information content (AvgIpc) is 3.13. The summed E-state index contributed by atoms with van der Waals surface area (Å²) in [4.78, 5) is 23.9. The lowest BCUT2D eigenvalue weighted by atomic mass is 9.76. The van der Waals surface area contributed by atoms with Crippen molar-refractivity contribution in [3.8, 4) is 17.6 Å². The summed E-state index contributed by atoms with van der Waals surface area (Å²) in [6, 6.07) is 7.62. The van der Waals surface area contributed by atoms with Crippen LogP contribution in [0.1, 0.15) is 56.9 Å². The maximum atomic E-state index is 12.0. The SMILES string of the molecule is COc1cccc(C#CCCC2(C3CCCC3)CC(=O)CC(=O)O2)c1. The van der Waals surface area contributed by atoms with E-state index in [4.69, 9.17) is 9.47 Å². The third kappa shape index (κ3) is 4.22. The van der Waals surface area contributed by atoms with E-state index in [0.717, 1.165) is 37.0 Å². The van der Waals surface area contributed by atoms with Gasteiger partial charge in [-0.3, -0.25) is 9.59 Å². The number of benzene rings is 1. The van der Waals surface area contributed by atoms with Crippen LogP contribution in [0.15, 0.2) is 24.3 Å². The Morgan fingerprint density at radius 2 is 2.08 bits per heavy atom. The van der Waals surface area contributed by atoms with Crippen LogP contribution < -0.4 is 4.74 Å². The lowest BCUT2D eigenvalue weighted by Gasteiger charge is -2.40. The number of carbonyl (C=O) groups is 2. The number of cyclic esters (lactones) is 1. The zero-order valence-corrected chi connectivity index (χ0v) is 14.7. The highest BCUT2D eigenvalue weighted by Gasteiger charge is 2.47. The van der Waals surface area contributed by atoms with E-state index in [1.165, 1.54) is 0 Å². The van der Waals surface area contributed by atoms with Crippen LogP contribution in [0.25, 0.3) is 0 Å². The van der Waals surface area contributed by atoms with E-state index in [1.54, 1.807) is 7.11 Å². The van der Waals surface area contributed by atoms with Gasteiger partial charge < -0.3 is 9.47 Å². The molecule has 4 heteroatoms. The molecule has 1 aromatic carbocycles. The molecule has 2 fully saturated rings. The number of esters is 1. The Morgan fingerprint density at radius 3 is 2.80 bits per heavy atom. The van der Waals surface area contributed by atoms with Crippen molar-refractivity contribution in [3.05, 3.63) is 29.8 Å². The van der Waals surface area contributed by atoms with Crippen LogP contribution >= 0.6 is 0 Å². The van der Waals surface area contributed by atoms with E-state index in [-0.39, 0.29) is 18.2 Å². The zero-order valence-electron chi connectivity index (χ0n) is 14.7. The number of hydrogen-bond acceptors (Lipinski definition) is 4. The van der Waals surface area contributed by atoms with Gasteiger partial charge in [-0.05, 0) is 43.4 Å². The minimum absolute atomic E-state index is 0.00362. The Kier molecular flexibility index (Phi) is 5.43. The largest absolute Gasteiger partial charge is 0.497 e. The predicted octanol–water partition coefficient (Wildman–Crippen LogP) is 3.66. The van der Waals surface area contributed by atoms with E-state index in [9.17, 15) is 9.59 Å². The number of ether oxygens (including phenoxy) is 2. The molecule has 132 valence electrons. The van der Waals surface area contributed by atoms with Crippen LogP contribution in [0.5, 0.6) is 5.75 Å². The van der Waals surface area contributed by atoms with E-state index in [0.29, 0.717) is 25.2 Å². The first kappa shape index (κ1) is 17.5. The quantitative estimate of drug-likeness (QED) is 0.477. The molecule has 2 aliphatic rings. The second-order valence-corrected chi connectivity index (χ2v) is 6.95. The monoisotopic (exact) mass is 340 g/mol. The highest BCUT2D eigenvalue weighted by molar-refractivity contribution is 5.98. The molecular formula is C21H24O4. The maximum Gasteiger partial charge on any atom is 0.313 e. The molecule has 1 heterocycles. The Hall–Kier alpha value is -2.28. The Balaban J connectivity index is 1.70. The van der Waals surface area contributed by atoms with Gasteiger partial charge in [-0.25, -0.2) is 0 Å². The Bertz CT molecular complexity index is 688. The first-order valence-electron chi connectivity index (χ1n) is 8.98. The second-order valence-electron chi connectivity index (χ2n) is 6.95. The number of hydrogen-bond donors (Lipinski definition) is 0. The molecule has 1 aromatic rings. The molecule has 0 amide bonds. The number of carbonyl (C=O) groups excluding carboxylic acids is 2. The van der Waals surface area contributed by atoms with Gasteiger partial charge in [0.15, 0.2) is 0 Å². The minimum atomic E-state index is -0.633. The number of rotatable bonds is 4. The second kappa shape index (κ2) is 7.74. The smallest absolute Gasteiger partial charge is 0.313 e. The number of Topliss-reactive ketones (excluding diaryl/α,β-unsaturated/α-hetero) is 1. The van der Waals surface area contributed by atoms with Gasteiger partial charge in [-0.2, -0.15) is 0 Å². The van der Waals surface area contributed by atoms with E-state index < -0.39 is 5.60 Å². The molecule has 0 aromatic heterocycles. The molecule has 1 saturated heterocycles. The van der Waals surface area contributed by atoms with Crippen molar-refractivity contribution in [2.45, 2.75) is 57.0 Å². The average molecular weight is 340 g/mol. The summed E-state index contributed by atoms with van der Waals surface area (Å²) in [7, 11) is 1.63. The molecule has 4 nitrogen and oxygen atoms in total. The number of methoxy groups -OCH3 is 1. The van der Waals surface area contributed by atoms with Gasteiger partial charge >= 0.3 is 5.97 Å². The van der Waals surface area contributed by atoms with Gasteiger partial charge in [0, 0.05) is 18.4 Å². The number of ketones is 1. The predicted molar refractivity (Wildman–Crippen MR) is 94.1 cm³/mol. The third-order valence-electron chi connectivity index (χ3n) is 5.23. The van der Waals surface area contributed by atoms with Gasteiger partial charge in [0.25, 0.3) is 0 Å². The van der Waals surface area contributed by atoms with Crippen LogP contribution in [-0.4, -0.2) is 24.5 Å². The van der Waals surface area contributed by atoms with Gasteiger partial charge in [0.1, 0.15) is 23.6 Å². The minimum Gasteiger partial charge on any atom is -0.497 e. The summed E-state index contributed by atoms with van der Waals surface area (Å²) in [5, 5.41) is 0. The van der Waals surface area contributed by atoms with E-state index >= 15 is 0 Å². The molecule has 25 heavy (non-hydrogen) atoms. The van der Waals surface area contributed by atoms with Crippen LogP contribution in [0.3, 0.4) is 0 Å². The molecule has 0 N–H and O–H groups in total.